The van der Waals surface area contributed by atoms with E-state index in [0.717, 1.165) is 42.4 Å². The number of nitrogens with zero attached hydrogens (tertiary/aromatic N) is 5. The molecule has 132 valence electrons. The normalized spacial score (nSPS) is 19.8. The number of thioether (sulfide) groups is 1. The highest BCUT2D eigenvalue weighted by molar-refractivity contribution is 7.99. The third kappa shape index (κ3) is 3.05. The summed E-state index contributed by atoms with van der Waals surface area (Å²) in [6, 6.07) is 0. The Morgan fingerprint density at radius 3 is 2.54 bits per heavy atom. The summed E-state index contributed by atoms with van der Waals surface area (Å²) in [5, 5.41) is 11.7. The van der Waals surface area contributed by atoms with Crippen LogP contribution < -0.4 is 4.90 Å². The van der Waals surface area contributed by atoms with E-state index >= 15 is 0 Å². The second-order valence-corrected chi connectivity index (χ2v) is 7.27. The van der Waals surface area contributed by atoms with E-state index in [4.69, 9.17) is 0 Å². The highest BCUT2D eigenvalue weighted by Gasteiger charge is 2.38. The lowest BCUT2D eigenvalue weighted by atomic mass is 10.1. The molecule has 0 bridgehead atoms. The third-order valence-electron chi connectivity index (χ3n) is 4.58. The van der Waals surface area contributed by atoms with Crippen molar-refractivity contribution in [1.82, 2.24) is 19.8 Å². The Balaban J connectivity index is 2.11. The van der Waals surface area contributed by atoms with Gasteiger partial charge in [-0.1, -0.05) is 6.42 Å². The van der Waals surface area contributed by atoms with Crippen LogP contribution in [-0.4, -0.2) is 44.4 Å². The van der Waals surface area contributed by atoms with E-state index in [-0.39, 0.29) is 5.65 Å². The first kappa shape index (κ1) is 17.3. The van der Waals surface area contributed by atoms with Crippen LogP contribution in [0.5, 0.6) is 0 Å². The summed E-state index contributed by atoms with van der Waals surface area (Å²) in [6.45, 7) is 5.26. The van der Waals surface area contributed by atoms with E-state index in [1.165, 1.54) is 0 Å². The first-order valence-electron chi connectivity index (χ1n) is 7.90. The summed E-state index contributed by atoms with van der Waals surface area (Å²) in [7, 11) is 0. The molecule has 5 nitrogen and oxygen atoms in total. The van der Waals surface area contributed by atoms with Gasteiger partial charge in [0, 0.05) is 29.5 Å². The number of aromatic nitrogens is 4. The summed E-state index contributed by atoms with van der Waals surface area (Å²) in [6.07, 6.45) is 0.765. The van der Waals surface area contributed by atoms with E-state index in [1.54, 1.807) is 18.7 Å². The minimum atomic E-state index is -4.58. The number of anilines is 1. The maximum Gasteiger partial charge on any atom is 0.453 e. The molecule has 0 aromatic carbocycles. The fourth-order valence-electron chi connectivity index (χ4n) is 3.08. The van der Waals surface area contributed by atoms with Crippen LogP contribution in [0.2, 0.25) is 0 Å². The van der Waals surface area contributed by atoms with Crippen LogP contribution >= 0.6 is 11.8 Å². The summed E-state index contributed by atoms with van der Waals surface area (Å²) in [5.74, 6) is -0.468. The molecular formula is C15H20F3N5S. The zero-order valence-electron chi connectivity index (χ0n) is 13.9. The van der Waals surface area contributed by atoms with Crippen molar-refractivity contribution in [3.05, 3.63) is 17.0 Å². The van der Waals surface area contributed by atoms with Gasteiger partial charge in [-0.3, -0.25) is 0 Å². The summed E-state index contributed by atoms with van der Waals surface area (Å²) >= 11 is 1.80. The molecule has 3 heterocycles. The minimum absolute atomic E-state index is 0.166. The predicted molar refractivity (Wildman–Crippen MR) is 88.6 cm³/mol. The number of hydrogen-bond acceptors (Lipinski definition) is 5. The fraction of sp³-hybridized carbons (Fsp3) is 0.667. The minimum Gasteiger partial charge on any atom is -0.354 e. The lowest BCUT2D eigenvalue weighted by Crippen LogP contribution is -2.32. The quantitative estimate of drug-likeness (QED) is 0.821. The number of rotatable bonds is 2. The molecule has 1 unspecified atom stereocenters. The second kappa shape index (κ2) is 6.42. The maximum atomic E-state index is 13.2. The van der Waals surface area contributed by atoms with Crippen molar-refractivity contribution in [2.45, 2.75) is 44.5 Å². The number of hydrogen-bond donors (Lipinski definition) is 0. The van der Waals surface area contributed by atoms with Gasteiger partial charge in [0.25, 0.3) is 5.82 Å². The second-order valence-electron chi connectivity index (χ2n) is 6.13. The Morgan fingerprint density at radius 2 is 1.88 bits per heavy atom. The monoisotopic (exact) mass is 359 g/mol. The van der Waals surface area contributed by atoms with Gasteiger partial charge >= 0.3 is 6.18 Å². The molecule has 1 saturated heterocycles. The standard InChI is InChI=1S/C15H20F3N5S/c1-9-10(2)13(22-7-5-4-6-11(8-22)24-3)21-23-12(9)19-20-14(23)15(16,17)18/h11H,4-8H2,1-3H3. The molecule has 2 aromatic heterocycles. The number of halogens is 3. The Hall–Kier alpha value is -1.51. The molecular weight excluding hydrogens is 339 g/mol. The topological polar surface area (TPSA) is 46.3 Å². The molecule has 9 heteroatoms. The predicted octanol–water partition coefficient (Wildman–Crippen LogP) is 3.48. The molecule has 0 saturated carbocycles. The van der Waals surface area contributed by atoms with Crippen LogP contribution in [0.15, 0.2) is 0 Å². The van der Waals surface area contributed by atoms with Crippen molar-refractivity contribution >= 4 is 23.2 Å². The van der Waals surface area contributed by atoms with Gasteiger partial charge in [-0.25, -0.2) is 0 Å². The van der Waals surface area contributed by atoms with Gasteiger partial charge in [0.1, 0.15) is 0 Å². The molecule has 0 aliphatic carbocycles. The van der Waals surface area contributed by atoms with Gasteiger partial charge in [-0.05, 0) is 32.9 Å². The van der Waals surface area contributed by atoms with Crippen molar-refractivity contribution in [2.75, 3.05) is 24.2 Å². The molecule has 0 amide bonds. The zero-order valence-corrected chi connectivity index (χ0v) is 14.7. The largest absolute Gasteiger partial charge is 0.453 e. The van der Waals surface area contributed by atoms with Crippen molar-refractivity contribution in [1.29, 1.82) is 0 Å². The third-order valence-corrected chi connectivity index (χ3v) is 5.63. The SMILES string of the molecule is CSC1CCCCN(c2nn3c(C(F)(F)F)nnc3c(C)c2C)C1. The van der Waals surface area contributed by atoms with Gasteiger partial charge in [0.15, 0.2) is 11.5 Å². The molecule has 1 fully saturated rings. The van der Waals surface area contributed by atoms with E-state index in [0.29, 0.717) is 16.6 Å². The molecule has 1 atom stereocenters. The van der Waals surface area contributed by atoms with E-state index in [9.17, 15) is 13.2 Å². The Bertz CT molecular complexity index is 743. The Kier molecular flexibility index (Phi) is 4.63. The average Bonchev–Trinajstić information content (AvgIpc) is 2.82. The summed E-state index contributed by atoms with van der Waals surface area (Å²) in [4.78, 5) is 2.11. The van der Waals surface area contributed by atoms with Gasteiger partial charge in [-0.15, -0.1) is 15.3 Å². The smallest absolute Gasteiger partial charge is 0.354 e. The van der Waals surface area contributed by atoms with E-state index in [1.807, 2.05) is 6.92 Å². The zero-order chi connectivity index (χ0) is 17.5. The van der Waals surface area contributed by atoms with Crippen LogP contribution in [0.3, 0.4) is 0 Å². The van der Waals surface area contributed by atoms with Crippen molar-refractivity contribution in [3.8, 4) is 0 Å². The molecule has 0 radical (unpaired) electrons. The van der Waals surface area contributed by atoms with Crippen molar-refractivity contribution in [3.63, 3.8) is 0 Å². The molecule has 1 aliphatic heterocycles. The van der Waals surface area contributed by atoms with E-state index in [2.05, 4.69) is 26.5 Å². The number of fused-ring (bicyclic) bond motifs is 1. The lowest BCUT2D eigenvalue weighted by Gasteiger charge is -2.26. The molecule has 0 N–H and O–H groups in total. The van der Waals surface area contributed by atoms with Crippen LogP contribution in [0.25, 0.3) is 5.65 Å². The van der Waals surface area contributed by atoms with Gasteiger partial charge in [0.2, 0.25) is 0 Å². The molecule has 24 heavy (non-hydrogen) atoms. The van der Waals surface area contributed by atoms with Crippen LogP contribution in [-0.2, 0) is 6.18 Å². The molecule has 0 spiro atoms. The van der Waals surface area contributed by atoms with Gasteiger partial charge < -0.3 is 4.90 Å². The van der Waals surface area contributed by atoms with Gasteiger partial charge in [-0.2, -0.15) is 29.4 Å². The van der Waals surface area contributed by atoms with Crippen molar-refractivity contribution < 1.29 is 13.2 Å². The first-order valence-corrected chi connectivity index (χ1v) is 9.19. The van der Waals surface area contributed by atoms with Crippen molar-refractivity contribution in [2.24, 2.45) is 0 Å². The highest BCUT2D eigenvalue weighted by Crippen LogP contribution is 2.32. The lowest BCUT2D eigenvalue weighted by molar-refractivity contribution is -0.146. The fourth-order valence-corrected chi connectivity index (χ4v) is 3.81. The van der Waals surface area contributed by atoms with Crippen LogP contribution in [0.1, 0.15) is 36.2 Å². The average molecular weight is 359 g/mol. The van der Waals surface area contributed by atoms with Crippen LogP contribution in [0.4, 0.5) is 19.0 Å². The summed E-state index contributed by atoms with van der Waals surface area (Å²) in [5.41, 5.74) is 1.72. The highest BCUT2D eigenvalue weighted by atomic mass is 32.2. The molecule has 1 aliphatic rings. The molecule has 3 rings (SSSR count). The Morgan fingerprint density at radius 1 is 1.12 bits per heavy atom. The van der Waals surface area contributed by atoms with Gasteiger partial charge in [0.05, 0.1) is 0 Å². The first-order chi connectivity index (χ1) is 11.3. The molecule has 2 aromatic rings. The maximum absolute atomic E-state index is 13.2. The number of aryl methyl sites for hydroxylation is 1. The Labute approximate surface area is 142 Å². The van der Waals surface area contributed by atoms with E-state index < -0.39 is 12.0 Å². The summed E-state index contributed by atoms with van der Waals surface area (Å²) < 4.78 is 40.3. The number of alkyl halides is 3. The van der Waals surface area contributed by atoms with Crippen LogP contribution in [0, 0.1) is 13.8 Å².